The molecule has 0 unspecified atom stereocenters. The van der Waals surface area contributed by atoms with Crippen molar-refractivity contribution >= 4 is 5.91 Å². The van der Waals surface area contributed by atoms with Crippen LogP contribution < -0.4 is 4.74 Å². The van der Waals surface area contributed by atoms with Gasteiger partial charge in [0.1, 0.15) is 12.4 Å². The number of H-pyrrole nitrogens is 1. The predicted octanol–water partition coefficient (Wildman–Crippen LogP) is 3.19. The minimum Gasteiger partial charge on any atom is -0.489 e. The van der Waals surface area contributed by atoms with Gasteiger partial charge < -0.3 is 9.64 Å². The number of amides is 1. The summed E-state index contributed by atoms with van der Waals surface area (Å²) in [6, 6.07) is 17.3. The van der Waals surface area contributed by atoms with Gasteiger partial charge in [-0.2, -0.15) is 5.10 Å². The molecule has 2 heterocycles. The van der Waals surface area contributed by atoms with Crippen molar-refractivity contribution in [3.8, 4) is 5.75 Å². The van der Waals surface area contributed by atoms with Gasteiger partial charge in [-0.3, -0.25) is 9.89 Å². The van der Waals surface area contributed by atoms with Gasteiger partial charge in [-0.25, -0.2) is 0 Å². The second-order valence-electron chi connectivity index (χ2n) is 6.15. The van der Waals surface area contributed by atoms with Gasteiger partial charge in [0.15, 0.2) is 0 Å². The molecule has 2 aromatic carbocycles. The summed E-state index contributed by atoms with van der Waals surface area (Å²) >= 11 is 0. The lowest BCUT2D eigenvalue weighted by Gasteiger charge is -2.26. The third-order valence-electron chi connectivity index (χ3n) is 4.44. The Morgan fingerprint density at radius 3 is 2.72 bits per heavy atom. The zero-order chi connectivity index (χ0) is 17.1. The number of aromatic nitrogens is 2. The maximum atomic E-state index is 12.7. The smallest absolute Gasteiger partial charge is 0.254 e. The van der Waals surface area contributed by atoms with Gasteiger partial charge in [-0.15, -0.1) is 0 Å². The predicted molar refractivity (Wildman–Crippen MR) is 94.2 cm³/mol. The fourth-order valence-corrected chi connectivity index (χ4v) is 3.00. The number of hydrogen-bond donors (Lipinski definition) is 1. The second kappa shape index (κ2) is 6.81. The number of para-hydroxylation sites is 1. The highest BCUT2D eigenvalue weighted by molar-refractivity contribution is 5.94. The van der Waals surface area contributed by atoms with Crippen molar-refractivity contribution in [1.29, 1.82) is 0 Å². The summed E-state index contributed by atoms with van der Waals surface area (Å²) < 4.78 is 5.73. The number of carbonyl (C=O) groups is 1. The summed E-state index contributed by atoms with van der Waals surface area (Å²) in [5, 5.41) is 7.04. The fraction of sp³-hybridized carbons (Fsp3) is 0.200. The van der Waals surface area contributed by atoms with Gasteiger partial charge in [0.25, 0.3) is 5.91 Å². The van der Waals surface area contributed by atoms with Crippen LogP contribution in [0.4, 0.5) is 0 Å². The van der Waals surface area contributed by atoms with Crippen LogP contribution in [0.2, 0.25) is 0 Å². The fourth-order valence-electron chi connectivity index (χ4n) is 3.00. The molecule has 0 fully saturated rings. The van der Waals surface area contributed by atoms with Crippen molar-refractivity contribution in [2.75, 3.05) is 6.54 Å². The lowest BCUT2D eigenvalue weighted by atomic mass is 10.1. The Bertz CT molecular complexity index is 856. The summed E-state index contributed by atoms with van der Waals surface area (Å²) in [7, 11) is 0. The van der Waals surface area contributed by atoms with Crippen molar-refractivity contribution in [3.63, 3.8) is 0 Å². The van der Waals surface area contributed by atoms with E-state index in [0.717, 1.165) is 29.0 Å². The third kappa shape index (κ3) is 3.40. The number of aromatic amines is 1. The number of hydrogen-bond acceptors (Lipinski definition) is 3. The third-order valence-corrected chi connectivity index (χ3v) is 4.44. The number of nitrogens with one attached hydrogen (secondary N) is 1. The summed E-state index contributed by atoms with van der Waals surface area (Å²) in [5.41, 5.74) is 3.98. The van der Waals surface area contributed by atoms with Gasteiger partial charge in [-0.1, -0.05) is 30.3 Å². The highest BCUT2D eigenvalue weighted by Gasteiger charge is 2.22. The minimum absolute atomic E-state index is 0.0578. The molecule has 0 bridgehead atoms. The van der Waals surface area contributed by atoms with Crippen LogP contribution in [-0.4, -0.2) is 27.5 Å². The molecule has 5 nitrogen and oxygen atoms in total. The average Bonchev–Trinajstić information content (AvgIpc) is 3.15. The van der Waals surface area contributed by atoms with Gasteiger partial charge in [0, 0.05) is 36.3 Å². The summed E-state index contributed by atoms with van der Waals surface area (Å²) in [6.45, 7) is 1.82. The van der Waals surface area contributed by atoms with Crippen LogP contribution in [-0.2, 0) is 19.6 Å². The van der Waals surface area contributed by atoms with E-state index in [-0.39, 0.29) is 5.91 Å². The summed E-state index contributed by atoms with van der Waals surface area (Å²) in [5.74, 6) is 0.897. The molecular formula is C20H19N3O2. The van der Waals surface area contributed by atoms with Crippen molar-refractivity contribution in [1.82, 2.24) is 15.1 Å². The average molecular weight is 333 g/mol. The normalized spacial score (nSPS) is 13.4. The standard InChI is InChI=1S/C20H19N3O2/c24-20(23-11-10-19-17(13-23)12-21-22-19)16-8-6-15(7-9-16)14-25-18-4-2-1-3-5-18/h1-9,12H,10-11,13-14H2,(H,21,22). The topological polar surface area (TPSA) is 58.2 Å². The van der Waals surface area contributed by atoms with Crippen molar-refractivity contribution in [2.24, 2.45) is 0 Å². The van der Waals surface area contributed by atoms with Crippen LogP contribution in [0.1, 0.15) is 27.2 Å². The Morgan fingerprint density at radius 2 is 1.92 bits per heavy atom. The Morgan fingerprint density at radius 1 is 1.12 bits per heavy atom. The Balaban J connectivity index is 1.39. The first-order valence-corrected chi connectivity index (χ1v) is 8.37. The first-order valence-electron chi connectivity index (χ1n) is 8.37. The Labute approximate surface area is 146 Å². The largest absolute Gasteiger partial charge is 0.489 e. The van der Waals surface area contributed by atoms with E-state index in [1.54, 1.807) is 6.20 Å². The molecule has 1 aliphatic rings. The molecular weight excluding hydrogens is 314 g/mol. The van der Waals surface area contributed by atoms with E-state index in [4.69, 9.17) is 4.74 Å². The molecule has 1 N–H and O–H groups in total. The zero-order valence-corrected chi connectivity index (χ0v) is 13.8. The molecule has 4 rings (SSSR count). The number of ether oxygens (including phenoxy) is 1. The highest BCUT2D eigenvalue weighted by Crippen LogP contribution is 2.19. The number of benzene rings is 2. The molecule has 3 aromatic rings. The lowest BCUT2D eigenvalue weighted by molar-refractivity contribution is 0.0734. The highest BCUT2D eigenvalue weighted by atomic mass is 16.5. The Hall–Kier alpha value is -3.08. The molecule has 0 aliphatic carbocycles. The molecule has 0 spiro atoms. The van der Waals surface area contributed by atoms with Crippen LogP contribution in [0.25, 0.3) is 0 Å². The van der Waals surface area contributed by atoms with Gasteiger partial charge in [0.05, 0.1) is 6.20 Å². The lowest BCUT2D eigenvalue weighted by Crippen LogP contribution is -2.35. The number of rotatable bonds is 4. The van der Waals surface area contributed by atoms with E-state index in [9.17, 15) is 4.79 Å². The van der Waals surface area contributed by atoms with Gasteiger partial charge >= 0.3 is 0 Å². The van der Waals surface area contributed by atoms with Crippen LogP contribution in [0.5, 0.6) is 5.75 Å². The quantitative estimate of drug-likeness (QED) is 0.798. The van der Waals surface area contributed by atoms with Crippen LogP contribution in [0.3, 0.4) is 0 Å². The van der Waals surface area contributed by atoms with E-state index < -0.39 is 0 Å². The number of fused-ring (bicyclic) bond motifs is 1. The van der Waals surface area contributed by atoms with Crippen molar-refractivity contribution in [3.05, 3.63) is 83.2 Å². The maximum Gasteiger partial charge on any atom is 0.254 e. The van der Waals surface area contributed by atoms with Crippen LogP contribution >= 0.6 is 0 Å². The van der Waals surface area contributed by atoms with Crippen LogP contribution in [0.15, 0.2) is 60.8 Å². The monoisotopic (exact) mass is 333 g/mol. The molecule has 5 heteroatoms. The van der Waals surface area contributed by atoms with Gasteiger partial charge in [0.2, 0.25) is 0 Å². The van der Waals surface area contributed by atoms with E-state index in [0.29, 0.717) is 25.3 Å². The van der Waals surface area contributed by atoms with E-state index >= 15 is 0 Å². The number of nitrogens with zero attached hydrogens (tertiary/aromatic N) is 2. The van der Waals surface area contributed by atoms with E-state index in [1.165, 1.54) is 0 Å². The van der Waals surface area contributed by atoms with Crippen molar-refractivity contribution in [2.45, 2.75) is 19.6 Å². The molecule has 0 saturated carbocycles. The van der Waals surface area contributed by atoms with Crippen molar-refractivity contribution < 1.29 is 9.53 Å². The molecule has 1 amide bonds. The Kier molecular flexibility index (Phi) is 4.21. The molecule has 126 valence electrons. The summed E-state index contributed by atoms with van der Waals surface area (Å²) in [4.78, 5) is 14.6. The van der Waals surface area contributed by atoms with Crippen LogP contribution in [0, 0.1) is 0 Å². The molecule has 25 heavy (non-hydrogen) atoms. The van der Waals surface area contributed by atoms with Gasteiger partial charge in [-0.05, 0) is 29.8 Å². The van der Waals surface area contributed by atoms with E-state index in [1.807, 2.05) is 59.5 Å². The maximum absolute atomic E-state index is 12.7. The molecule has 0 radical (unpaired) electrons. The zero-order valence-electron chi connectivity index (χ0n) is 13.8. The molecule has 1 aliphatic heterocycles. The minimum atomic E-state index is 0.0578. The molecule has 0 atom stereocenters. The SMILES string of the molecule is O=C(c1ccc(COc2ccccc2)cc1)N1CCc2[nH]ncc2C1. The molecule has 1 aromatic heterocycles. The molecule has 0 saturated heterocycles. The first-order chi connectivity index (χ1) is 12.3. The second-order valence-corrected chi connectivity index (χ2v) is 6.15. The summed E-state index contributed by atoms with van der Waals surface area (Å²) in [6.07, 6.45) is 2.63. The number of carbonyl (C=O) groups excluding carboxylic acids is 1. The first kappa shape index (κ1) is 15.4. The van der Waals surface area contributed by atoms with E-state index in [2.05, 4.69) is 10.2 Å².